The van der Waals surface area contributed by atoms with Crippen molar-refractivity contribution in [3.05, 3.63) is 107 Å². The van der Waals surface area contributed by atoms with Gasteiger partial charge in [-0.05, 0) is 139 Å². The van der Waals surface area contributed by atoms with Gasteiger partial charge in [-0.25, -0.2) is 0 Å². The van der Waals surface area contributed by atoms with Gasteiger partial charge in [0.15, 0.2) is 0 Å². The molecule has 3 atom stereocenters. The van der Waals surface area contributed by atoms with Crippen LogP contribution in [0.3, 0.4) is 0 Å². The number of benzene rings is 4. The van der Waals surface area contributed by atoms with Crippen molar-refractivity contribution < 1.29 is 9.47 Å². The first kappa shape index (κ1) is 27.6. The van der Waals surface area contributed by atoms with E-state index in [0.717, 1.165) is 51.9 Å². The molecule has 0 heterocycles. The predicted octanol–water partition coefficient (Wildman–Crippen LogP) is 9.55. The first-order chi connectivity index (χ1) is 19.1. The van der Waals surface area contributed by atoms with Gasteiger partial charge in [-0.1, -0.05) is 45.0 Å². The Labute approximate surface area is 239 Å². The Bertz CT molecular complexity index is 1460. The van der Waals surface area contributed by atoms with Crippen molar-refractivity contribution in [3.63, 3.8) is 0 Å². The third-order valence-electron chi connectivity index (χ3n) is 8.94. The number of rotatable bonds is 7. The highest BCUT2D eigenvalue weighted by molar-refractivity contribution is 5.48. The molecule has 0 aliphatic heterocycles. The monoisotopic (exact) mass is 534 g/mol. The summed E-state index contributed by atoms with van der Waals surface area (Å²) in [4.78, 5) is 0. The van der Waals surface area contributed by atoms with Crippen molar-refractivity contribution in [2.24, 2.45) is 11.8 Å². The second kappa shape index (κ2) is 11.3. The van der Waals surface area contributed by atoms with Gasteiger partial charge < -0.3 is 20.9 Å². The number of nitrogen functional groups attached to an aromatic ring is 2. The van der Waals surface area contributed by atoms with Crippen LogP contribution in [0.25, 0.3) is 0 Å². The Morgan fingerprint density at radius 1 is 0.725 bits per heavy atom. The van der Waals surface area contributed by atoms with E-state index in [-0.39, 0.29) is 5.41 Å². The van der Waals surface area contributed by atoms with Gasteiger partial charge in [0.25, 0.3) is 0 Å². The Balaban J connectivity index is 1.45. The minimum absolute atomic E-state index is 0.0155. The van der Waals surface area contributed by atoms with E-state index in [4.69, 9.17) is 20.9 Å². The molecular weight excluding hydrogens is 492 g/mol. The maximum absolute atomic E-state index is 6.21. The second-order valence-corrected chi connectivity index (χ2v) is 12.1. The molecular formula is C36H42N2O2. The molecule has 5 rings (SSSR count). The number of aryl methyl sites for hydroxylation is 2. The third-order valence-corrected chi connectivity index (χ3v) is 8.94. The van der Waals surface area contributed by atoms with Crippen LogP contribution in [0.15, 0.2) is 84.9 Å². The predicted molar refractivity (Wildman–Crippen MR) is 166 cm³/mol. The van der Waals surface area contributed by atoms with Crippen molar-refractivity contribution >= 4 is 11.4 Å². The van der Waals surface area contributed by atoms with Gasteiger partial charge >= 0.3 is 0 Å². The zero-order chi connectivity index (χ0) is 28.4. The van der Waals surface area contributed by atoms with Gasteiger partial charge in [0.2, 0.25) is 0 Å². The Morgan fingerprint density at radius 2 is 1.25 bits per heavy atom. The van der Waals surface area contributed by atoms with Gasteiger partial charge in [-0.2, -0.15) is 0 Å². The summed E-state index contributed by atoms with van der Waals surface area (Å²) in [6.45, 7) is 11.5. The lowest BCUT2D eigenvalue weighted by Crippen LogP contribution is -2.38. The van der Waals surface area contributed by atoms with E-state index in [9.17, 15) is 0 Å². The fraction of sp³-hybridized carbons (Fsp3) is 0.333. The molecule has 1 fully saturated rings. The van der Waals surface area contributed by atoms with E-state index < -0.39 is 0 Å². The molecule has 0 saturated heterocycles. The van der Waals surface area contributed by atoms with E-state index in [1.165, 1.54) is 24.0 Å². The van der Waals surface area contributed by atoms with Gasteiger partial charge in [0.1, 0.15) is 23.0 Å². The van der Waals surface area contributed by atoms with E-state index >= 15 is 0 Å². The zero-order valence-corrected chi connectivity index (χ0v) is 24.4. The molecule has 4 nitrogen and oxygen atoms in total. The number of anilines is 2. The van der Waals surface area contributed by atoms with Crippen LogP contribution < -0.4 is 20.9 Å². The molecule has 40 heavy (non-hydrogen) atoms. The Kier molecular flexibility index (Phi) is 7.80. The smallest absolute Gasteiger partial charge is 0.130 e. The maximum atomic E-state index is 6.21. The highest BCUT2D eigenvalue weighted by Gasteiger charge is 2.43. The van der Waals surface area contributed by atoms with Gasteiger partial charge in [0, 0.05) is 11.4 Å². The van der Waals surface area contributed by atoms with Crippen molar-refractivity contribution in [2.75, 3.05) is 11.5 Å². The van der Waals surface area contributed by atoms with Crippen LogP contribution in [0.5, 0.6) is 23.0 Å². The lowest BCUT2D eigenvalue weighted by Gasteiger charge is -2.46. The molecule has 4 aromatic carbocycles. The topological polar surface area (TPSA) is 70.5 Å². The van der Waals surface area contributed by atoms with E-state index in [1.54, 1.807) is 0 Å². The highest BCUT2D eigenvalue weighted by atomic mass is 16.5. The van der Waals surface area contributed by atoms with Gasteiger partial charge in [0.05, 0.1) is 0 Å². The number of nitrogens with two attached hydrogens (primary N) is 2. The van der Waals surface area contributed by atoms with Crippen LogP contribution in [0.1, 0.15) is 68.2 Å². The number of hydrogen-bond donors (Lipinski definition) is 2. The van der Waals surface area contributed by atoms with E-state index in [1.807, 2.05) is 48.5 Å². The molecule has 3 unspecified atom stereocenters. The summed E-state index contributed by atoms with van der Waals surface area (Å²) >= 11 is 0. The molecule has 0 bridgehead atoms. The quantitative estimate of drug-likeness (QED) is 0.232. The molecule has 0 spiro atoms. The number of hydrogen-bond acceptors (Lipinski definition) is 4. The van der Waals surface area contributed by atoms with Crippen molar-refractivity contribution in [2.45, 2.75) is 65.2 Å². The summed E-state index contributed by atoms with van der Waals surface area (Å²) in [5.41, 5.74) is 18.2. The van der Waals surface area contributed by atoms with Crippen LogP contribution >= 0.6 is 0 Å². The average Bonchev–Trinajstić information content (AvgIpc) is 2.93. The van der Waals surface area contributed by atoms with Crippen molar-refractivity contribution in [1.29, 1.82) is 0 Å². The summed E-state index contributed by atoms with van der Waals surface area (Å²) in [6.07, 6.45) is 3.57. The Hall–Kier alpha value is -3.92. The first-order valence-electron chi connectivity index (χ1n) is 14.4. The molecule has 4 heteroatoms. The minimum Gasteiger partial charge on any atom is -0.457 e. The number of ether oxygens (including phenoxy) is 2. The first-order valence-corrected chi connectivity index (χ1v) is 14.4. The molecule has 208 valence electrons. The molecule has 1 saturated carbocycles. The maximum Gasteiger partial charge on any atom is 0.130 e. The fourth-order valence-corrected chi connectivity index (χ4v) is 6.24. The zero-order valence-electron chi connectivity index (χ0n) is 24.4. The summed E-state index contributed by atoms with van der Waals surface area (Å²) in [7, 11) is 0. The van der Waals surface area contributed by atoms with E-state index in [0.29, 0.717) is 17.8 Å². The molecule has 0 amide bonds. The van der Waals surface area contributed by atoms with Crippen LogP contribution in [0.4, 0.5) is 11.4 Å². The summed E-state index contributed by atoms with van der Waals surface area (Å²) in [6, 6.07) is 28.6. The SMILES string of the molecule is Cc1cc(C2CC(C(C)C)CCC2(C)c2ccc(Oc3ccc(N)cc3)c(C)c2)ccc1Oc1ccc(N)cc1. The standard InChI is InChI=1S/C36H42N2O2/c1-23(2)26-18-19-36(5,28-7-17-35(25(4)21-28)40-32-14-10-30(38)11-15-32)33(22-26)27-6-16-34(24(3)20-27)39-31-12-8-29(37)9-13-31/h6-17,20-21,23,26,33H,18-19,22,37-38H2,1-5H3. The average molecular weight is 535 g/mol. The molecule has 4 N–H and O–H groups in total. The Morgan fingerprint density at radius 3 is 1.75 bits per heavy atom. The molecule has 0 radical (unpaired) electrons. The lowest BCUT2D eigenvalue weighted by molar-refractivity contribution is 0.172. The van der Waals surface area contributed by atoms with Crippen molar-refractivity contribution in [3.8, 4) is 23.0 Å². The summed E-state index contributed by atoms with van der Waals surface area (Å²) in [5.74, 6) is 5.13. The van der Waals surface area contributed by atoms with E-state index in [2.05, 4.69) is 71.0 Å². The highest BCUT2D eigenvalue weighted by Crippen LogP contribution is 2.53. The molecule has 0 aromatic heterocycles. The van der Waals surface area contributed by atoms with Crippen LogP contribution in [-0.2, 0) is 5.41 Å². The van der Waals surface area contributed by atoms with Crippen LogP contribution in [-0.4, -0.2) is 0 Å². The van der Waals surface area contributed by atoms with Gasteiger partial charge in [-0.15, -0.1) is 0 Å². The van der Waals surface area contributed by atoms with Crippen molar-refractivity contribution in [1.82, 2.24) is 0 Å². The normalized spacial score (nSPS) is 20.9. The fourth-order valence-electron chi connectivity index (χ4n) is 6.24. The molecule has 4 aromatic rings. The van der Waals surface area contributed by atoms with Crippen LogP contribution in [0, 0.1) is 25.7 Å². The summed E-state index contributed by atoms with van der Waals surface area (Å²) < 4.78 is 12.4. The second-order valence-electron chi connectivity index (χ2n) is 12.1. The van der Waals surface area contributed by atoms with Gasteiger partial charge in [-0.3, -0.25) is 0 Å². The lowest BCUT2D eigenvalue weighted by atomic mass is 9.57. The largest absolute Gasteiger partial charge is 0.457 e. The molecule has 1 aliphatic rings. The summed E-state index contributed by atoms with van der Waals surface area (Å²) in [5, 5.41) is 0. The molecule has 1 aliphatic carbocycles. The minimum atomic E-state index is 0.0155. The third kappa shape index (κ3) is 5.82. The van der Waals surface area contributed by atoms with Crippen LogP contribution in [0.2, 0.25) is 0 Å².